The Hall–Kier alpha value is -5.31. The summed E-state index contributed by atoms with van der Waals surface area (Å²) in [5, 5.41) is 18.0. The molecule has 5 rings (SSSR count). The first-order chi connectivity index (χ1) is 19.9. The van der Waals surface area contributed by atoms with Gasteiger partial charge < -0.3 is 15.8 Å². The monoisotopic (exact) mass is 596 g/mol. The number of amides is 2. The fourth-order valence-corrected chi connectivity index (χ4v) is 5.10. The van der Waals surface area contributed by atoms with Crippen molar-refractivity contribution in [2.75, 3.05) is 5.32 Å². The molecule has 0 fully saturated rings. The summed E-state index contributed by atoms with van der Waals surface area (Å²) in [5.41, 5.74) is 5.26. The Bertz CT molecular complexity index is 1850. The van der Waals surface area contributed by atoms with Crippen molar-refractivity contribution in [3.63, 3.8) is 0 Å². The van der Waals surface area contributed by atoms with Crippen LogP contribution in [0.4, 0.5) is 24.5 Å². The minimum absolute atomic E-state index is 0.00537. The molecule has 0 unspecified atom stereocenters. The second kappa shape index (κ2) is 10.9. The zero-order valence-electron chi connectivity index (χ0n) is 21.5. The van der Waals surface area contributed by atoms with Crippen molar-refractivity contribution in [3.05, 3.63) is 98.8 Å². The van der Waals surface area contributed by atoms with Crippen LogP contribution in [0.5, 0.6) is 5.75 Å². The van der Waals surface area contributed by atoms with Gasteiger partial charge in [0, 0.05) is 17.6 Å². The molecule has 0 atom stereocenters. The first-order valence-corrected chi connectivity index (χ1v) is 12.9. The minimum Gasteiger partial charge on any atom is -0.464 e. The van der Waals surface area contributed by atoms with E-state index in [1.165, 1.54) is 35.1 Å². The number of carbonyl (C=O) groups is 2. The van der Waals surface area contributed by atoms with E-state index in [9.17, 15) is 32.9 Å². The summed E-state index contributed by atoms with van der Waals surface area (Å²) in [6, 6.07) is 14.6. The number of para-hydroxylation sites is 2. The van der Waals surface area contributed by atoms with Crippen LogP contribution in [0, 0.1) is 17.0 Å². The third kappa shape index (κ3) is 5.62. The highest BCUT2D eigenvalue weighted by Gasteiger charge is 2.35. The molecule has 3 N–H and O–H groups in total. The smallest absolute Gasteiger partial charge is 0.433 e. The summed E-state index contributed by atoms with van der Waals surface area (Å²) < 4.78 is 47.9. The zero-order valence-corrected chi connectivity index (χ0v) is 22.3. The Morgan fingerprint density at radius 3 is 2.52 bits per heavy atom. The van der Waals surface area contributed by atoms with E-state index in [0.29, 0.717) is 16.9 Å². The third-order valence-electron chi connectivity index (χ3n) is 6.06. The predicted molar refractivity (Wildman–Crippen MR) is 147 cm³/mol. The van der Waals surface area contributed by atoms with Crippen LogP contribution in [0.2, 0.25) is 0 Å². The van der Waals surface area contributed by atoms with Gasteiger partial charge in [-0.2, -0.15) is 18.3 Å². The van der Waals surface area contributed by atoms with Gasteiger partial charge in [0.05, 0.1) is 10.6 Å². The Morgan fingerprint density at radius 2 is 1.86 bits per heavy atom. The molecule has 0 aliphatic heterocycles. The van der Waals surface area contributed by atoms with Crippen LogP contribution in [0.25, 0.3) is 21.3 Å². The van der Waals surface area contributed by atoms with E-state index in [-0.39, 0.29) is 50.2 Å². The van der Waals surface area contributed by atoms with E-state index in [1.54, 1.807) is 30.3 Å². The summed E-state index contributed by atoms with van der Waals surface area (Å²) in [4.78, 5) is 39.5. The fraction of sp³-hybridized carbons (Fsp3) is 0.111. The summed E-state index contributed by atoms with van der Waals surface area (Å²) in [7, 11) is 0. The lowest BCUT2D eigenvalue weighted by Gasteiger charge is -2.12. The van der Waals surface area contributed by atoms with Crippen LogP contribution < -0.4 is 15.8 Å². The number of aromatic nitrogens is 3. The highest BCUT2D eigenvalue weighted by molar-refractivity contribution is 7.21. The van der Waals surface area contributed by atoms with Crippen molar-refractivity contribution in [2.24, 2.45) is 5.73 Å². The van der Waals surface area contributed by atoms with E-state index < -0.39 is 28.6 Å². The van der Waals surface area contributed by atoms with Gasteiger partial charge in [0.2, 0.25) is 0 Å². The molecule has 15 heteroatoms. The van der Waals surface area contributed by atoms with Gasteiger partial charge >= 0.3 is 11.9 Å². The standard InChI is InChI=1S/C27H19F3N6O5S/c1-14-6-8-15(9-7-14)16-12-20(27(28,29)30)32-26-21(16)22(23(42-26)24(31)37)33-25(38)17-10-11-35(34-17)13-41-19-5-3-2-4-18(19)36(39)40/h2-12H,13H2,1H3,(H2,31,37)(H,33,38). The van der Waals surface area contributed by atoms with Crippen molar-refractivity contribution in [1.82, 2.24) is 14.8 Å². The summed E-state index contributed by atoms with van der Waals surface area (Å²) in [5.74, 6) is -1.77. The van der Waals surface area contributed by atoms with Gasteiger partial charge in [0.15, 0.2) is 18.2 Å². The number of thiophene rings is 1. The largest absolute Gasteiger partial charge is 0.464 e. The number of alkyl halides is 3. The molecule has 3 aromatic heterocycles. The number of pyridine rings is 1. The molecule has 0 aliphatic rings. The SMILES string of the molecule is Cc1ccc(-c2cc(C(F)(F)F)nc3sc(C(N)=O)c(NC(=O)c4ccn(COc5ccccc5[N+](=O)[O-])n4)c23)cc1. The van der Waals surface area contributed by atoms with Crippen molar-refractivity contribution in [2.45, 2.75) is 19.8 Å². The molecule has 42 heavy (non-hydrogen) atoms. The lowest BCUT2D eigenvalue weighted by molar-refractivity contribution is -0.386. The number of fused-ring (bicyclic) bond motifs is 1. The molecule has 2 aromatic carbocycles. The molecule has 3 heterocycles. The van der Waals surface area contributed by atoms with Crippen molar-refractivity contribution in [3.8, 4) is 16.9 Å². The first kappa shape index (κ1) is 28.2. The zero-order chi connectivity index (χ0) is 30.2. The van der Waals surface area contributed by atoms with Crippen LogP contribution in [-0.2, 0) is 12.9 Å². The third-order valence-corrected chi connectivity index (χ3v) is 7.16. The molecule has 0 spiro atoms. The highest BCUT2D eigenvalue weighted by atomic mass is 32.1. The number of carbonyl (C=O) groups excluding carboxylic acids is 2. The summed E-state index contributed by atoms with van der Waals surface area (Å²) >= 11 is 0.625. The first-order valence-electron chi connectivity index (χ1n) is 12.0. The maximum absolute atomic E-state index is 13.7. The lowest BCUT2D eigenvalue weighted by atomic mass is 10.00. The molecule has 11 nitrogen and oxygen atoms in total. The molecule has 0 radical (unpaired) electrons. The Balaban J connectivity index is 1.50. The molecule has 214 valence electrons. The maximum atomic E-state index is 13.7. The molecule has 0 bridgehead atoms. The quantitative estimate of drug-likeness (QED) is 0.170. The molecular weight excluding hydrogens is 577 g/mol. The van der Waals surface area contributed by atoms with Gasteiger partial charge in [0.1, 0.15) is 15.4 Å². The number of benzene rings is 2. The maximum Gasteiger partial charge on any atom is 0.433 e. The number of halogens is 3. The number of hydrogen-bond donors (Lipinski definition) is 2. The number of primary amides is 1. The Kier molecular flexibility index (Phi) is 7.34. The second-order valence-corrected chi connectivity index (χ2v) is 9.96. The summed E-state index contributed by atoms with van der Waals surface area (Å²) in [6.07, 6.45) is -3.39. The number of ether oxygens (including phenoxy) is 1. The number of hydrogen-bond acceptors (Lipinski definition) is 8. The predicted octanol–water partition coefficient (Wildman–Crippen LogP) is 5.78. The molecule has 5 aromatic rings. The number of anilines is 1. The number of nitrogens with one attached hydrogen (secondary N) is 1. The van der Waals surface area contributed by atoms with Crippen molar-refractivity contribution < 1.29 is 32.4 Å². The van der Waals surface area contributed by atoms with E-state index in [4.69, 9.17) is 10.5 Å². The van der Waals surface area contributed by atoms with Gasteiger partial charge in [-0.3, -0.25) is 19.7 Å². The van der Waals surface area contributed by atoms with Crippen molar-refractivity contribution >= 4 is 44.7 Å². The van der Waals surface area contributed by atoms with Crippen LogP contribution in [0.3, 0.4) is 0 Å². The average Bonchev–Trinajstić information content (AvgIpc) is 3.57. The average molecular weight is 597 g/mol. The number of aryl methyl sites for hydroxylation is 1. The number of nitro benzene ring substituents is 1. The van der Waals surface area contributed by atoms with Gasteiger partial charge in [0.25, 0.3) is 11.8 Å². The van der Waals surface area contributed by atoms with Gasteiger partial charge in [-0.25, -0.2) is 9.67 Å². The number of rotatable bonds is 8. The topological polar surface area (TPSA) is 155 Å². The van der Waals surface area contributed by atoms with Gasteiger partial charge in [-0.1, -0.05) is 42.0 Å². The van der Waals surface area contributed by atoms with Crippen molar-refractivity contribution in [1.29, 1.82) is 0 Å². The Labute approximate surface area is 238 Å². The summed E-state index contributed by atoms with van der Waals surface area (Å²) in [6.45, 7) is 1.55. The van der Waals surface area contributed by atoms with E-state index in [2.05, 4.69) is 15.4 Å². The Morgan fingerprint density at radius 1 is 1.14 bits per heavy atom. The second-order valence-electron chi connectivity index (χ2n) is 8.96. The molecule has 2 amide bonds. The number of nitro groups is 1. The number of nitrogens with two attached hydrogens (primary N) is 1. The molecular formula is C27H19F3N6O5S. The van der Waals surface area contributed by atoms with E-state index in [1.807, 2.05) is 6.92 Å². The molecule has 0 aliphatic carbocycles. The minimum atomic E-state index is -4.77. The normalized spacial score (nSPS) is 11.4. The fourth-order valence-electron chi connectivity index (χ4n) is 4.10. The number of nitrogens with zero attached hydrogens (tertiary/aromatic N) is 4. The highest BCUT2D eigenvalue weighted by Crippen LogP contribution is 2.43. The van der Waals surface area contributed by atoms with Crippen LogP contribution in [0.15, 0.2) is 66.9 Å². The molecule has 0 saturated heterocycles. The van der Waals surface area contributed by atoms with Crippen LogP contribution in [0.1, 0.15) is 31.4 Å². The van der Waals surface area contributed by atoms with Gasteiger partial charge in [-0.05, 0) is 36.2 Å². The molecule has 0 saturated carbocycles. The van der Waals surface area contributed by atoms with Crippen LogP contribution >= 0.6 is 11.3 Å². The van der Waals surface area contributed by atoms with Gasteiger partial charge in [-0.15, -0.1) is 11.3 Å². The van der Waals surface area contributed by atoms with Crippen LogP contribution in [-0.4, -0.2) is 31.5 Å². The van der Waals surface area contributed by atoms with E-state index >= 15 is 0 Å². The lowest BCUT2D eigenvalue weighted by Crippen LogP contribution is -2.18. The van der Waals surface area contributed by atoms with E-state index in [0.717, 1.165) is 11.6 Å².